The number of ether oxygens (including phenoxy) is 1. The van der Waals surface area contributed by atoms with E-state index in [9.17, 15) is 0 Å². The zero-order valence-corrected chi connectivity index (χ0v) is 12.2. The van der Waals surface area contributed by atoms with E-state index in [2.05, 4.69) is 36.3 Å². The van der Waals surface area contributed by atoms with Crippen LogP contribution < -0.4 is 10.1 Å². The Morgan fingerprint density at radius 1 is 1.15 bits per heavy atom. The van der Waals surface area contributed by atoms with E-state index in [0.717, 1.165) is 31.0 Å². The van der Waals surface area contributed by atoms with Crippen LogP contribution in [0.3, 0.4) is 0 Å². The van der Waals surface area contributed by atoms with E-state index in [1.165, 1.54) is 5.56 Å². The Morgan fingerprint density at radius 2 is 1.95 bits per heavy atom. The van der Waals surface area contributed by atoms with Gasteiger partial charge in [-0.1, -0.05) is 25.1 Å². The summed E-state index contributed by atoms with van der Waals surface area (Å²) in [6.07, 6.45) is 2.86. The molecule has 0 fully saturated rings. The molecule has 1 N–H and O–H groups in total. The van der Waals surface area contributed by atoms with E-state index in [1.807, 2.05) is 36.5 Å². The molecule has 1 atom stereocenters. The Kier molecular flexibility index (Phi) is 5.56. The number of pyridine rings is 1. The van der Waals surface area contributed by atoms with E-state index in [0.29, 0.717) is 0 Å². The van der Waals surface area contributed by atoms with Crippen molar-refractivity contribution >= 4 is 0 Å². The van der Waals surface area contributed by atoms with Crippen LogP contribution in [0, 0.1) is 0 Å². The van der Waals surface area contributed by atoms with Gasteiger partial charge in [0.15, 0.2) is 0 Å². The van der Waals surface area contributed by atoms with Crippen LogP contribution in [0.5, 0.6) is 5.75 Å². The predicted octanol–water partition coefficient (Wildman–Crippen LogP) is 3.72. The monoisotopic (exact) mass is 270 g/mol. The van der Waals surface area contributed by atoms with Crippen LogP contribution in [0.25, 0.3) is 0 Å². The molecule has 0 unspecified atom stereocenters. The number of aromatic nitrogens is 1. The summed E-state index contributed by atoms with van der Waals surface area (Å²) >= 11 is 0. The molecule has 106 valence electrons. The van der Waals surface area contributed by atoms with Crippen molar-refractivity contribution in [3.8, 4) is 5.75 Å². The van der Waals surface area contributed by atoms with Crippen LogP contribution in [-0.2, 0) is 6.54 Å². The second kappa shape index (κ2) is 7.65. The van der Waals surface area contributed by atoms with E-state index in [-0.39, 0.29) is 6.04 Å². The Labute approximate surface area is 121 Å². The first-order valence-corrected chi connectivity index (χ1v) is 7.15. The molecule has 0 amide bonds. The smallest absolute Gasteiger partial charge is 0.119 e. The van der Waals surface area contributed by atoms with Crippen LogP contribution in [-0.4, -0.2) is 11.6 Å². The largest absolute Gasteiger partial charge is 0.494 e. The van der Waals surface area contributed by atoms with Gasteiger partial charge in [-0.2, -0.15) is 0 Å². The highest BCUT2D eigenvalue weighted by atomic mass is 16.5. The van der Waals surface area contributed by atoms with E-state index in [4.69, 9.17) is 4.74 Å². The lowest BCUT2D eigenvalue weighted by Gasteiger charge is -2.13. The standard InChI is InChI=1S/C17H22N2O/c1-3-12-20-16-9-7-15(8-10-16)13-19-14(2)17-6-4-5-11-18-17/h4-11,14,19H,3,12-13H2,1-2H3/t14-/m1/s1. The second-order valence-corrected chi connectivity index (χ2v) is 4.85. The van der Waals surface area contributed by atoms with Crippen molar-refractivity contribution in [3.05, 3.63) is 59.9 Å². The molecule has 2 aromatic rings. The zero-order chi connectivity index (χ0) is 14.2. The number of benzene rings is 1. The normalized spacial score (nSPS) is 12.1. The molecule has 0 saturated carbocycles. The van der Waals surface area contributed by atoms with Crippen molar-refractivity contribution in [2.24, 2.45) is 0 Å². The maximum Gasteiger partial charge on any atom is 0.119 e. The molecule has 1 aromatic carbocycles. The number of nitrogens with one attached hydrogen (secondary N) is 1. The van der Waals surface area contributed by atoms with Gasteiger partial charge in [0.05, 0.1) is 12.3 Å². The van der Waals surface area contributed by atoms with Crippen LogP contribution in [0.2, 0.25) is 0 Å². The van der Waals surface area contributed by atoms with Crippen LogP contribution in [0.4, 0.5) is 0 Å². The van der Waals surface area contributed by atoms with Crippen molar-refractivity contribution in [2.75, 3.05) is 6.61 Å². The van der Waals surface area contributed by atoms with Crippen molar-refractivity contribution in [2.45, 2.75) is 32.9 Å². The topological polar surface area (TPSA) is 34.1 Å². The minimum absolute atomic E-state index is 0.243. The molecule has 0 spiro atoms. The molecule has 0 radical (unpaired) electrons. The molecular formula is C17H22N2O. The van der Waals surface area contributed by atoms with E-state index < -0.39 is 0 Å². The number of hydrogen-bond acceptors (Lipinski definition) is 3. The molecule has 2 rings (SSSR count). The molecule has 1 heterocycles. The first-order valence-electron chi connectivity index (χ1n) is 7.15. The van der Waals surface area contributed by atoms with Crippen molar-refractivity contribution in [1.29, 1.82) is 0 Å². The van der Waals surface area contributed by atoms with Gasteiger partial charge in [-0.3, -0.25) is 4.98 Å². The SMILES string of the molecule is CCCOc1ccc(CN[C@H](C)c2ccccn2)cc1. The third-order valence-corrected chi connectivity index (χ3v) is 3.14. The van der Waals surface area contributed by atoms with Gasteiger partial charge in [0.2, 0.25) is 0 Å². The van der Waals surface area contributed by atoms with Gasteiger partial charge >= 0.3 is 0 Å². The second-order valence-electron chi connectivity index (χ2n) is 4.85. The molecular weight excluding hydrogens is 248 g/mol. The maximum absolute atomic E-state index is 5.57. The minimum Gasteiger partial charge on any atom is -0.494 e. The highest BCUT2D eigenvalue weighted by Crippen LogP contribution is 2.14. The van der Waals surface area contributed by atoms with Gasteiger partial charge in [0, 0.05) is 18.8 Å². The van der Waals surface area contributed by atoms with Crippen LogP contribution in [0.15, 0.2) is 48.7 Å². The lowest BCUT2D eigenvalue weighted by molar-refractivity contribution is 0.317. The average Bonchev–Trinajstić information content (AvgIpc) is 2.52. The number of nitrogens with zero attached hydrogens (tertiary/aromatic N) is 1. The minimum atomic E-state index is 0.243. The van der Waals surface area contributed by atoms with Gasteiger partial charge in [0.1, 0.15) is 5.75 Å². The highest BCUT2D eigenvalue weighted by Gasteiger charge is 2.05. The van der Waals surface area contributed by atoms with Crippen LogP contribution in [0.1, 0.15) is 37.6 Å². The first-order chi connectivity index (χ1) is 9.79. The zero-order valence-electron chi connectivity index (χ0n) is 12.2. The summed E-state index contributed by atoms with van der Waals surface area (Å²) in [6.45, 7) is 5.83. The van der Waals surface area contributed by atoms with Gasteiger partial charge in [-0.25, -0.2) is 0 Å². The molecule has 0 aliphatic rings. The van der Waals surface area contributed by atoms with E-state index >= 15 is 0 Å². The maximum atomic E-state index is 5.57. The summed E-state index contributed by atoms with van der Waals surface area (Å²) in [4.78, 5) is 4.36. The Bertz CT molecular complexity index is 496. The fraction of sp³-hybridized carbons (Fsp3) is 0.353. The average molecular weight is 270 g/mol. The fourth-order valence-corrected chi connectivity index (χ4v) is 1.93. The van der Waals surface area contributed by atoms with Gasteiger partial charge in [0.25, 0.3) is 0 Å². The lowest BCUT2D eigenvalue weighted by atomic mass is 10.1. The summed E-state index contributed by atoms with van der Waals surface area (Å²) in [5.41, 5.74) is 2.31. The van der Waals surface area contributed by atoms with Crippen molar-refractivity contribution < 1.29 is 4.74 Å². The highest BCUT2D eigenvalue weighted by molar-refractivity contribution is 5.27. The lowest BCUT2D eigenvalue weighted by Crippen LogP contribution is -2.18. The molecule has 3 heteroatoms. The Hall–Kier alpha value is -1.87. The third kappa shape index (κ3) is 4.35. The quantitative estimate of drug-likeness (QED) is 0.832. The van der Waals surface area contributed by atoms with Gasteiger partial charge < -0.3 is 10.1 Å². The Balaban J connectivity index is 1.84. The van der Waals surface area contributed by atoms with Gasteiger partial charge in [-0.15, -0.1) is 0 Å². The van der Waals surface area contributed by atoms with Crippen molar-refractivity contribution in [1.82, 2.24) is 10.3 Å². The fourth-order valence-electron chi connectivity index (χ4n) is 1.93. The molecule has 0 bridgehead atoms. The summed E-state index contributed by atoms with van der Waals surface area (Å²) in [5.74, 6) is 0.938. The molecule has 0 aliphatic carbocycles. The Morgan fingerprint density at radius 3 is 2.60 bits per heavy atom. The summed E-state index contributed by atoms with van der Waals surface area (Å²) < 4.78 is 5.57. The molecule has 20 heavy (non-hydrogen) atoms. The predicted molar refractivity (Wildman–Crippen MR) is 81.7 cm³/mol. The molecule has 3 nitrogen and oxygen atoms in total. The summed E-state index contributed by atoms with van der Waals surface area (Å²) in [5, 5.41) is 3.47. The first kappa shape index (κ1) is 14.5. The molecule has 0 aliphatic heterocycles. The van der Waals surface area contributed by atoms with E-state index in [1.54, 1.807) is 0 Å². The van der Waals surface area contributed by atoms with Crippen molar-refractivity contribution in [3.63, 3.8) is 0 Å². The summed E-state index contributed by atoms with van der Waals surface area (Å²) in [7, 11) is 0. The molecule has 1 aromatic heterocycles. The third-order valence-electron chi connectivity index (χ3n) is 3.14. The summed E-state index contributed by atoms with van der Waals surface area (Å²) in [6, 6.07) is 14.5. The number of rotatable bonds is 7. The van der Waals surface area contributed by atoms with Gasteiger partial charge in [-0.05, 0) is 43.2 Å². The number of hydrogen-bond donors (Lipinski definition) is 1. The molecule has 0 saturated heterocycles. The van der Waals surface area contributed by atoms with Crippen LogP contribution >= 0.6 is 0 Å².